The van der Waals surface area contributed by atoms with Gasteiger partial charge in [-0.25, -0.2) is 0 Å². The molecule has 0 aromatic heterocycles. The van der Waals surface area contributed by atoms with Gasteiger partial charge in [0.05, 0.1) is 18.4 Å². The largest absolute Gasteiger partial charge is 0.481 e. The lowest BCUT2D eigenvalue weighted by atomic mass is 9.94. The average Bonchev–Trinajstić information content (AvgIpc) is 3.05. The van der Waals surface area contributed by atoms with Crippen molar-refractivity contribution in [2.24, 2.45) is 5.92 Å². The highest BCUT2D eigenvalue weighted by molar-refractivity contribution is 6.05. The number of likely N-dealkylation sites (tertiary alicyclic amines) is 2. The van der Waals surface area contributed by atoms with Crippen molar-refractivity contribution in [1.29, 1.82) is 0 Å². The molecule has 1 N–H and O–H groups in total. The van der Waals surface area contributed by atoms with E-state index in [4.69, 9.17) is 5.11 Å². The van der Waals surface area contributed by atoms with Gasteiger partial charge in [-0.05, 0) is 25.8 Å². The second kappa shape index (κ2) is 5.75. The Bertz CT molecular complexity index is 459. The van der Waals surface area contributed by atoms with Crippen LogP contribution in [0.15, 0.2) is 0 Å². The lowest BCUT2D eigenvalue weighted by Crippen LogP contribution is -2.45. The van der Waals surface area contributed by atoms with Crippen molar-refractivity contribution in [3.05, 3.63) is 0 Å². The van der Waals surface area contributed by atoms with E-state index in [9.17, 15) is 14.4 Å². The number of aliphatic carboxylic acids is 1. The van der Waals surface area contributed by atoms with E-state index >= 15 is 0 Å². The molecule has 21 heavy (non-hydrogen) atoms. The fraction of sp³-hybridized carbons (Fsp3) is 0.800. The minimum Gasteiger partial charge on any atom is -0.481 e. The number of carboxylic acid groups (broad SMARTS) is 1. The maximum atomic E-state index is 12.6. The molecule has 6 nitrogen and oxygen atoms in total. The highest BCUT2D eigenvalue weighted by atomic mass is 16.4. The molecule has 0 radical (unpaired) electrons. The maximum absolute atomic E-state index is 12.6. The molecule has 0 aromatic carbocycles. The molecule has 1 aliphatic carbocycles. The molecule has 2 unspecified atom stereocenters. The molecule has 0 aromatic rings. The number of carbonyl (C=O) groups excluding carboxylic acids is 2. The summed E-state index contributed by atoms with van der Waals surface area (Å²) < 4.78 is 0. The van der Waals surface area contributed by atoms with E-state index in [-0.39, 0.29) is 24.3 Å². The molecule has 2 amide bonds. The molecule has 1 saturated carbocycles. The van der Waals surface area contributed by atoms with E-state index in [2.05, 4.69) is 0 Å². The van der Waals surface area contributed by atoms with Crippen molar-refractivity contribution in [3.63, 3.8) is 0 Å². The third-order valence-corrected chi connectivity index (χ3v) is 5.11. The first-order chi connectivity index (χ1) is 10.1. The average molecular weight is 294 g/mol. The van der Waals surface area contributed by atoms with Gasteiger partial charge in [-0.3, -0.25) is 24.2 Å². The lowest BCUT2D eigenvalue weighted by Gasteiger charge is -2.30. The first-order valence-corrected chi connectivity index (χ1v) is 7.90. The predicted molar refractivity (Wildman–Crippen MR) is 74.4 cm³/mol. The molecule has 2 aliphatic heterocycles. The number of hydrogen-bond donors (Lipinski definition) is 1. The van der Waals surface area contributed by atoms with Crippen LogP contribution in [0, 0.1) is 5.92 Å². The summed E-state index contributed by atoms with van der Waals surface area (Å²) in [5.41, 5.74) is 0. The van der Waals surface area contributed by atoms with Crippen LogP contribution in [0.5, 0.6) is 0 Å². The number of hydrogen-bond acceptors (Lipinski definition) is 4. The summed E-state index contributed by atoms with van der Waals surface area (Å²) in [7, 11) is 0. The normalized spacial score (nSPS) is 32.1. The third-order valence-electron chi connectivity index (χ3n) is 5.11. The summed E-state index contributed by atoms with van der Waals surface area (Å²) in [6, 6.07) is -0.356. The minimum atomic E-state index is -0.807. The van der Waals surface area contributed by atoms with Gasteiger partial charge in [0.25, 0.3) is 0 Å². The van der Waals surface area contributed by atoms with Crippen molar-refractivity contribution in [2.75, 3.05) is 13.1 Å². The number of carboxylic acids is 1. The second-order valence-electron chi connectivity index (χ2n) is 6.43. The summed E-state index contributed by atoms with van der Waals surface area (Å²) in [6.45, 7) is 0.983. The van der Waals surface area contributed by atoms with Crippen LogP contribution in [0.25, 0.3) is 0 Å². The van der Waals surface area contributed by atoms with Crippen LogP contribution in [-0.4, -0.2) is 57.9 Å². The van der Waals surface area contributed by atoms with Gasteiger partial charge < -0.3 is 5.11 Å². The Hall–Kier alpha value is -1.43. The molecule has 6 heteroatoms. The highest BCUT2D eigenvalue weighted by Gasteiger charge is 2.47. The monoisotopic (exact) mass is 294 g/mol. The van der Waals surface area contributed by atoms with E-state index in [1.807, 2.05) is 4.90 Å². The van der Waals surface area contributed by atoms with Crippen LogP contribution in [0.1, 0.15) is 44.9 Å². The Labute approximate surface area is 124 Å². The Morgan fingerprint density at radius 2 is 1.81 bits per heavy atom. The summed E-state index contributed by atoms with van der Waals surface area (Å²) in [6.07, 6.45) is 5.97. The minimum absolute atomic E-state index is 0.0709. The van der Waals surface area contributed by atoms with Gasteiger partial charge in [0.1, 0.15) is 0 Å². The molecule has 3 aliphatic rings. The van der Waals surface area contributed by atoms with Crippen LogP contribution < -0.4 is 0 Å². The van der Waals surface area contributed by atoms with Crippen LogP contribution >= 0.6 is 0 Å². The lowest BCUT2D eigenvalue weighted by molar-refractivity contribution is -0.144. The van der Waals surface area contributed by atoms with Crippen LogP contribution in [0.4, 0.5) is 0 Å². The highest BCUT2D eigenvalue weighted by Crippen LogP contribution is 2.31. The fourth-order valence-electron chi connectivity index (χ4n) is 3.91. The maximum Gasteiger partial charge on any atom is 0.307 e. The topological polar surface area (TPSA) is 77.9 Å². The molecule has 3 rings (SSSR count). The molecule has 2 heterocycles. The summed E-state index contributed by atoms with van der Waals surface area (Å²) in [4.78, 5) is 39.2. The standard InChI is InChI=1S/C15H22N2O4/c18-13-8-12(16-7-6-10(9-16)15(20)21)14(19)17(13)11-4-2-1-3-5-11/h10-12H,1-9H2,(H,20,21). The van der Waals surface area contributed by atoms with E-state index in [0.29, 0.717) is 19.5 Å². The van der Waals surface area contributed by atoms with E-state index < -0.39 is 17.9 Å². The molecule has 116 valence electrons. The van der Waals surface area contributed by atoms with Crippen molar-refractivity contribution in [2.45, 2.75) is 57.0 Å². The quantitative estimate of drug-likeness (QED) is 0.781. The van der Waals surface area contributed by atoms with Crippen molar-refractivity contribution in [3.8, 4) is 0 Å². The Morgan fingerprint density at radius 3 is 2.43 bits per heavy atom. The summed E-state index contributed by atoms with van der Waals surface area (Å²) in [5.74, 6) is -1.39. The van der Waals surface area contributed by atoms with Gasteiger partial charge >= 0.3 is 5.97 Å². The Morgan fingerprint density at radius 1 is 1.10 bits per heavy atom. The number of carbonyl (C=O) groups is 3. The number of amides is 2. The zero-order valence-corrected chi connectivity index (χ0v) is 12.2. The van der Waals surface area contributed by atoms with Gasteiger partial charge in [-0.15, -0.1) is 0 Å². The zero-order chi connectivity index (χ0) is 15.0. The molecule has 3 fully saturated rings. The Kier molecular flexibility index (Phi) is 3.97. The molecule has 0 bridgehead atoms. The fourth-order valence-corrected chi connectivity index (χ4v) is 3.91. The van der Waals surface area contributed by atoms with Crippen LogP contribution in [0.3, 0.4) is 0 Å². The first kappa shape index (κ1) is 14.5. The van der Waals surface area contributed by atoms with Gasteiger partial charge in [0, 0.05) is 12.6 Å². The van der Waals surface area contributed by atoms with E-state index in [1.54, 1.807) is 0 Å². The van der Waals surface area contributed by atoms with Crippen molar-refractivity contribution < 1.29 is 19.5 Å². The zero-order valence-electron chi connectivity index (χ0n) is 12.2. The third kappa shape index (κ3) is 2.69. The van der Waals surface area contributed by atoms with Gasteiger partial charge in [-0.1, -0.05) is 19.3 Å². The smallest absolute Gasteiger partial charge is 0.307 e. The van der Waals surface area contributed by atoms with Crippen LogP contribution in [0.2, 0.25) is 0 Å². The first-order valence-electron chi connectivity index (χ1n) is 7.90. The van der Waals surface area contributed by atoms with E-state index in [1.165, 1.54) is 11.3 Å². The number of nitrogens with zero attached hydrogens (tertiary/aromatic N) is 2. The van der Waals surface area contributed by atoms with Gasteiger partial charge in [0.15, 0.2) is 0 Å². The molecular weight excluding hydrogens is 272 g/mol. The van der Waals surface area contributed by atoms with Crippen molar-refractivity contribution in [1.82, 2.24) is 9.80 Å². The molecule has 0 spiro atoms. The number of rotatable bonds is 3. The van der Waals surface area contributed by atoms with Gasteiger partial charge in [-0.2, -0.15) is 0 Å². The molecule has 2 atom stereocenters. The second-order valence-corrected chi connectivity index (χ2v) is 6.43. The van der Waals surface area contributed by atoms with Crippen molar-refractivity contribution >= 4 is 17.8 Å². The summed E-state index contributed by atoms with van der Waals surface area (Å²) >= 11 is 0. The van der Waals surface area contributed by atoms with Gasteiger partial charge in [0.2, 0.25) is 11.8 Å². The SMILES string of the molecule is O=C(O)C1CCN(C2CC(=O)N(C3CCCCC3)C2=O)C1. The predicted octanol–water partition coefficient (Wildman–Crippen LogP) is 0.853. The number of imide groups is 1. The summed E-state index contributed by atoms with van der Waals surface area (Å²) in [5, 5.41) is 9.06. The van der Waals surface area contributed by atoms with E-state index in [0.717, 1.165) is 25.7 Å². The Balaban J connectivity index is 1.67. The molecule has 2 saturated heterocycles. The van der Waals surface area contributed by atoms with Crippen LogP contribution in [-0.2, 0) is 14.4 Å². The molecular formula is C15H22N2O4.